The monoisotopic (exact) mass is 1030 g/mol. The summed E-state index contributed by atoms with van der Waals surface area (Å²) in [7, 11) is -9.84. The second kappa shape index (κ2) is 43.6. The minimum Gasteiger partial charge on any atom is -0.462 e. The molecule has 0 heterocycles. The van der Waals surface area contributed by atoms with E-state index in [4.69, 9.17) is 37.0 Å². The summed E-state index contributed by atoms with van der Waals surface area (Å²) in [6.45, 7) is 9.05. The lowest BCUT2D eigenvalue weighted by molar-refractivity contribution is -0.161. The molecule has 408 valence electrons. The van der Waals surface area contributed by atoms with Gasteiger partial charge in [-0.2, -0.15) is 0 Å². The number of ether oxygens (including phenoxy) is 4. The third-order valence-electron chi connectivity index (χ3n) is 11.6. The highest BCUT2D eigenvalue weighted by molar-refractivity contribution is 7.47. The molecule has 0 saturated carbocycles. The van der Waals surface area contributed by atoms with Gasteiger partial charge in [-0.1, -0.05) is 176 Å². The van der Waals surface area contributed by atoms with Crippen LogP contribution in [0, 0.1) is 11.8 Å². The zero-order valence-electron chi connectivity index (χ0n) is 43.6. The van der Waals surface area contributed by atoms with Crippen LogP contribution in [0.5, 0.6) is 0 Å². The lowest BCUT2D eigenvalue weighted by atomic mass is 10.00. The number of esters is 4. The summed E-state index contributed by atoms with van der Waals surface area (Å²) in [6, 6.07) is 0. The van der Waals surface area contributed by atoms with Gasteiger partial charge in [0.05, 0.1) is 26.4 Å². The van der Waals surface area contributed by atoms with Gasteiger partial charge in [0.15, 0.2) is 12.2 Å². The lowest BCUT2D eigenvalue weighted by Crippen LogP contribution is -2.30. The van der Waals surface area contributed by atoms with Crippen LogP contribution in [-0.4, -0.2) is 96.7 Å². The van der Waals surface area contributed by atoms with Gasteiger partial charge in [0, 0.05) is 25.7 Å². The molecule has 0 aliphatic rings. The van der Waals surface area contributed by atoms with Gasteiger partial charge in [0.25, 0.3) is 0 Å². The van der Waals surface area contributed by atoms with E-state index in [0.717, 1.165) is 109 Å². The highest BCUT2D eigenvalue weighted by atomic mass is 31.2. The third kappa shape index (κ3) is 44.5. The maximum Gasteiger partial charge on any atom is 0.472 e. The second-order valence-electron chi connectivity index (χ2n) is 18.9. The van der Waals surface area contributed by atoms with Gasteiger partial charge in [-0.3, -0.25) is 37.3 Å². The van der Waals surface area contributed by atoms with Crippen molar-refractivity contribution in [3.05, 3.63) is 0 Å². The van der Waals surface area contributed by atoms with E-state index < -0.39 is 97.5 Å². The number of carbonyl (C=O) groups is 4. The number of carbonyl (C=O) groups excluding carboxylic acids is 4. The Balaban J connectivity index is 5.17. The molecule has 19 heteroatoms. The molecule has 6 atom stereocenters. The first-order valence-electron chi connectivity index (χ1n) is 26.5. The van der Waals surface area contributed by atoms with Gasteiger partial charge in [-0.05, 0) is 37.5 Å². The van der Waals surface area contributed by atoms with Crippen LogP contribution in [0.15, 0.2) is 0 Å². The Morgan fingerprint density at radius 2 is 0.739 bits per heavy atom. The fourth-order valence-corrected chi connectivity index (χ4v) is 8.60. The quantitative estimate of drug-likeness (QED) is 0.0222. The predicted molar refractivity (Wildman–Crippen MR) is 266 cm³/mol. The fourth-order valence-electron chi connectivity index (χ4n) is 7.02. The van der Waals surface area contributed by atoms with Crippen LogP contribution in [-0.2, 0) is 65.4 Å². The van der Waals surface area contributed by atoms with Crippen LogP contribution in [0.4, 0.5) is 0 Å². The van der Waals surface area contributed by atoms with Crippen molar-refractivity contribution in [2.45, 2.75) is 246 Å². The van der Waals surface area contributed by atoms with E-state index >= 15 is 0 Å². The first-order valence-corrected chi connectivity index (χ1v) is 29.5. The molecule has 69 heavy (non-hydrogen) atoms. The summed E-state index contributed by atoms with van der Waals surface area (Å²) in [5, 5.41) is 10.4. The Kier molecular flexibility index (Phi) is 42.4. The minimum atomic E-state index is -4.93. The predicted octanol–water partition coefficient (Wildman–Crippen LogP) is 12.2. The normalized spacial score (nSPS) is 15.2. The molecule has 0 spiro atoms. The number of unbranched alkanes of at least 4 members (excludes halogenated alkanes) is 18. The summed E-state index contributed by atoms with van der Waals surface area (Å²) in [4.78, 5) is 71.0. The highest BCUT2D eigenvalue weighted by Crippen LogP contribution is 2.45. The van der Waals surface area contributed by atoms with E-state index in [1.165, 1.54) is 32.1 Å². The number of aliphatic hydroxyl groups is 1. The number of hydrogen-bond donors (Lipinski definition) is 3. The highest BCUT2D eigenvalue weighted by Gasteiger charge is 2.30. The molecule has 0 aliphatic carbocycles. The Labute approximate surface area is 416 Å². The van der Waals surface area contributed by atoms with Gasteiger partial charge in [-0.25, -0.2) is 9.13 Å². The van der Waals surface area contributed by atoms with Gasteiger partial charge in [0.2, 0.25) is 0 Å². The average molecular weight is 1030 g/mol. The van der Waals surface area contributed by atoms with E-state index in [-0.39, 0.29) is 25.7 Å². The first-order chi connectivity index (χ1) is 32.9. The maximum atomic E-state index is 12.8. The summed E-state index contributed by atoms with van der Waals surface area (Å²) in [5.74, 6) is -0.781. The molecule has 0 aromatic carbocycles. The van der Waals surface area contributed by atoms with Crippen molar-refractivity contribution < 1.29 is 80.2 Å². The smallest absolute Gasteiger partial charge is 0.462 e. The van der Waals surface area contributed by atoms with Crippen molar-refractivity contribution in [3.8, 4) is 0 Å². The van der Waals surface area contributed by atoms with Crippen molar-refractivity contribution >= 4 is 39.5 Å². The molecule has 0 saturated heterocycles. The molecule has 0 rings (SSSR count). The van der Waals surface area contributed by atoms with Crippen molar-refractivity contribution in [3.63, 3.8) is 0 Å². The number of hydrogen-bond acceptors (Lipinski definition) is 15. The molecule has 0 radical (unpaired) electrons. The van der Waals surface area contributed by atoms with Crippen molar-refractivity contribution in [1.29, 1.82) is 0 Å². The molecule has 3 N–H and O–H groups in total. The van der Waals surface area contributed by atoms with E-state index in [1.807, 2.05) is 0 Å². The zero-order chi connectivity index (χ0) is 51.6. The molecule has 0 fully saturated rings. The lowest BCUT2D eigenvalue weighted by Gasteiger charge is -2.21. The SMILES string of the molecule is CCCCCCCC(=O)OC[C@H](COP(=O)(O)OC[C@H](O)COP(=O)(O)OC[C@@H](COC(=O)CCCCCCCCC(C)C)OC(=O)CCCCCCCCC(C)CC)OC(=O)CCCCCCC. The van der Waals surface area contributed by atoms with Gasteiger partial charge >= 0.3 is 39.5 Å². The largest absolute Gasteiger partial charge is 0.472 e. The molecule has 0 aromatic rings. The maximum absolute atomic E-state index is 12.8. The van der Waals surface area contributed by atoms with E-state index in [0.29, 0.717) is 31.6 Å². The van der Waals surface area contributed by atoms with E-state index in [2.05, 4.69) is 41.5 Å². The van der Waals surface area contributed by atoms with Crippen LogP contribution >= 0.6 is 15.6 Å². The van der Waals surface area contributed by atoms with Gasteiger partial charge in [0.1, 0.15) is 19.3 Å². The van der Waals surface area contributed by atoms with Crippen molar-refractivity contribution in [1.82, 2.24) is 0 Å². The Morgan fingerprint density at radius 3 is 1.10 bits per heavy atom. The topological polar surface area (TPSA) is 237 Å². The van der Waals surface area contributed by atoms with Gasteiger partial charge in [-0.15, -0.1) is 0 Å². The Hall–Kier alpha value is -1.94. The number of phosphoric acid groups is 2. The summed E-state index contributed by atoms with van der Waals surface area (Å²) < 4.78 is 66.9. The molecule has 17 nitrogen and oxygen atoms in total. The van der Waals surface area contributed by atoms with Crippen molar-refractivity contribution in [2.75, 3.05) is 39.6 Å². The molecular formula is C50H96O17P2. The van der Waals surface area contributed by atoms with Gasteiger partial charge < -0.3 is 33.8 Å². The number of aliphatic hydroxyl groups excluding tert-OH is 1. The summed E-state index contributed by atoms with van der Waals surface area (Å²) >= 11 is 0. The first kappa shape index (κ1) is 67.1. The average Bonchev–Trinajstić information content (AvgIpc) is 3.30. The van der Waals surface area contributed by atoms with E-state index in [9.17, 15) is 43.2 Å². The molecule has 0 amide bonds. The minimum absolute atomic E-state index is 0.0980. The van der Waals surface area contributed by atoms with E-state index in [1.54, 1.807) is 0 Å². The Bertz CT molecular complexity index is 1400. The summed E-state index contributed by atoms with van der Waals surface area (Å²) in [6.07, 6.45) is 20.7. The fraction of sp³-hybridized carbons (Fsp3) is 0.920. The van der Waals surface area contributed by atoms with Crippen LogP contribution in [0.2, 0.25) is 0 Å². The van der Waals surface area contributed by atoms with Crippen molar-refractivity contribution in [2.24, 2.45) is 11.8 Å². The number of phosphoric ester groups is 2. The molecule has 0 aliphatic heterocycles. The molecule has 3 unspecified atom stereocenters. The molecule has 0 bridgehead atoms. The molecule has 0 aromatic heterocycles. The Morgan fingerprint density at radius 1 is 0.420 bits per heavy atom. The van der Waals surface area contributed by atoms with Crippen LogP contribution < -0.4 is 0 Å². The van der Waals surface area contributed by atoms with Crippen LogP contribution in [0.3, 0.4) is 0 Å². The summed E-state index contributed by atoms with van der Waals surface area (Å²) in [5.41, 5.74) is 0. The standard InChI is InChI=1S/C50H96O17P2/c1-7-10-12-18-26-32-47(52)60-38-45(66-49(54)34-28-19-13-11-8-2)40-64-68(56,57)62-36-44(51)37-63-69(58,59)65-41-46(39-61-48(53)33-27-22-16-14-20-24-30-42(4)5)67-50(55)35-29-23-17-15-21-25-31-43(6)9-3/h42-46,51H,7-41H2,1-6H3,(H,56,57)(H,58,59)/t43?,44-,45+,46+/m0/s1. The second-order valence-corrected chi connectivity index (χ2v) is 21.8. The number of rotatable bonds is 49. The van der Waals surface area contributed by atoms with Crippen LogP contribution in [0.25, 0.3) is 0 Å². The van der Waals surface area contributed by atoms with Crippen LogP contribution in [0.1, 0.15) is 228 Å². The molecular weight excluding hydrogens is 934 g/mol. The zero-order valence-corrected chi connectivity index (χ0v) is 45.4. The third-order valence-corrected chi connectivity index (χ3v) is 13.5.